The molecule has 1 amide bonds. The Bertz CT molecular complexity index is 402. The molecule has 0 aliphatic rings. The van der Waals surface area contributed by atoms with Crippen molar-refractivity contribution in [3.05, 3.63) is 29.3 Å². The fraction of sp³-hybridized carbons (Fsp3) is 0.500. The van der Waals surface area contributed by atoms with E-state index >= 15 is 0 Å². The van der Waals surface area contributed by atoms with Crippen molar-refractivity contribution in [3.8, 4) is 5.75 Å². The summed E-state index contributed by atoms with van der Waals surface area (Å²) < 4.78 is 5.57. The number of nitrogens with one attached hydrogen (secondary N) is 1. The molecule has 0 bridgehead atoms. The van der Waals surface area contributed by atoms with E-state index in [0.717, 1.165) is 16.9 Å². The van der Waals surface area contributed by atoms with Gasteiger partial charge in [0.05, 0.1) is 19.1 Å². The van der Waals surface area contributed by atoms with Gasteiger partial charge in [-0.05, 0) is 38.0 Å². The third kappa shape index (κ3) is 5.19. The average molecular weight is 251 g/mol. The van der Waals surface area contributed by atoms with Crippen molar-refractivity contribution in [2.24, 2.45) is 0 Å². The minimum Gasteiger partial charge on any atom is -0.493 e. The zero-order chi connectivity index (χ0) is 13.5. The number of carbonyl (C=O) groups excluding carboxylic acids is 1. The van der Waals surface area contributed by atoms with Gasteiger partial charge in [-0.3, -0.25) is 4.79 Å². The van der Waals surface area contributed by atoms with Crippen LogP contribution in [0.5, 0.6) is 5.75 Å². The summed E-state index contributed by atoms with van der Waals surface area (Å²) in [6.07, 6.45) is -0.228. The molecule has 1 aromatic carbocycles. The van der Waals surface area contributed by atoms with Gasteiger partial charge in [-0.25, -0.2) is 0 Å². The van der Waals surface area contributed by atoms with E-state index in [1.54, 1.807) is 6.92 Å². The predicted molar refractivity (Wildman–Crippen MR) is 70.7 cm³/mol. The van der Waals surface area contributed by atoms with E-state index in [9.17, 15) is 4.79 Å². The second kappa shape index (κ2) is 7.01. The third-order valence-electron chi connectivity index (χ3n) is 2.52. The smallest absolute Gasteiger partial charge is 0.223 e. The lowest BCUT2D eigenvalue weighted by molar-refractivity contribution is -0.122. The maximum Gasteiger partial charge on any atom is 0.223 e. The van der Waals surface area contributed by atoms with Gasteiger partial charge in [0.15, 0.2) is 0 Å². The zero-order valence-electron chi connectivity index (χ0n) is 11.2. The van der Waals surface area contributed by atoms with Gasteiger partial charge in [0.25, 0.3) is 0 Å². The number of amides is 1. The van der Waals surface area contributed by atoms with E-state index in [2.05, 4.69) is 5.32 Å². The molecule has 1 unspecified atom stereocenters. The number of hydrogen-bond acceptors (Lipinski definition) is 3. The minimum absolute atomic E-state index is 0.110. The van der Waals surface area contributed by atoms with Gasteiger partial charge in [-0.1, -0.05) is 12.1 Å². The van der Waals surface area contributed by atoms with E-state index in [4.69, 9.17) is 9.84 Å². The lowest BCUT2D eigenvalue weighted by atomic mass is 10.1. The summed E-state index contributed by atoms with van der Waals surface area (Å²) in [5.74, 6) is 0.708. The van der Waals surface area contributed by atoms with Crippen molar-refractivity contribution in [3.63, 3.8) is 0 Å². The molecule has 1 rings (SSSR count). The first kappa shape index (κ1) is 14.5. The van der Waals surface area contributed by atoms with Crippen LogP contribution < -0.4 is 10.1 Å². The predicted octanol–water partition coefficient (Wildman–Crippen LogP) is 1.57. The Kier molecular flexibility index (Phi) is 5.65. The molecule has 0 aliphatic heterocycles. The molecule has 0 fully saturated rings. The van der Waals surface area contributed by atoms with Crippen molar-refractivity contribution in [2.45, 2.75) is 33.3 Å². The van der Waals surface area contributed by atoms with Crippen LogP contribution in [0.1, 0.15) is 24.5 Å². The number of aliphatic hydroxyl groups is 1. The van der Waals surface area contributed by atoms with E-state index in [1.807, 2.05) is 32.0 Å². The van der Waals surface area contributed by atoms with Gasteiger partial charge in [0.1, 0.15) is 5.75 Å². The molecule has 0 saturated carbocycles. The number of aliphatic hydroxyl groups excluding tert-OH is 1. The number of hydrogen-bond donors (Lipinski definition) is 2. The minimum atomic E-state index is -0.520. The number of benzene rings is 1. The van der Waals surface area contributed by atoms with Crippen LogP contribution in [0.4, 0.5) is 0 Å². The average Bonchev–Trinajstić information content (AvgIpc) is 2.31. The normalized spacial score (nSPS) is 12.0. The van der Waals surface area contributed by atoms with E-state index in [-0.39, 0.29) is 12.5 Å². The fourth-order valence-corrected chi connectivity index (χ4v) is 1.47. The van der Waals surface area contributed by atoms with Crippen molar-refractivity contribution in [1.82, 2.24) is 5.32 Å². The molecule has 0 spiro atoms. The molecule has 18 heavy (non-hydrogen) atoms. The zero-order valence-corrected chi connectivity index (χ0v) is 11.2. The number of aryl methyl sites for hydroxylation is 2. The topological polar surface area (TPSA) is 58.6 Å². The second-order valence-corrected chi connectivity index (χ2v) is 4.52. The molecule has 2 N–H and O–H groups in total. The molecule has 0 aromatic heterocycles. The Labute approximate surface area is 108 Å². The largest absolute Gasteiger partial charge is 0.493 e. The Balaban J connectivity index is 2.33. The summed E-state index contributed by atoms with van der Waals surface area (Å²) in [5.41, 5.74) is 2.19. The SMILES string of the molecule is Cc1ccc(C)c(OCCC(=O)NCC(C)O)c1. The molecular formula is C14H21NO3. The maximum atomic E-state index is 11.4. The van der Waals surface area contributed by atoms with Crippen molar-refractivity contribution in [1.29, 1.82) is 0 Å². The van der Waals surface area contributed by atoms with Gasteiger partial charge in [-0.15, -0.1) is 0 Å². The van der Waals surface area contributed by atoms with Gasteiger partial charge in [0, 0.05) is 6.54 Å². The highest BCUT2D eigenvalue weighted by Gasteiger charge is 2.04. The van der Waals surface area contributed by atoms with Crippen LogP contribution >= 0.6 is 0 Å². The molecule has 1 atom stereocenters. The molecule has 4 heteroatoms. The van der Waals surface area contributed by atoms with Gasteiger partial charge in [-0.2, -0.15) is 0 Å². The van der Waals surface area contributed by atoms with E-state index in [0.29, 0.717) is 13.0 Å². The molecular weight excluding hydrogens is 230 g/mol. The standard InChI is InChI=1S/C14H21NO3/c1-10-4-5-11(2)13(8-10)18-7-6-14(17)15-9-12(3)16/h4-5,8,12,16H,6-7,9H2,1-3H3,(H,15,17). The summed E-state index contributed by atoms with van der Waals surface area (Å²) in [6.45, 7) is 6.23. The molecule has 0 aliphatic carbocycles. The van der Waals surface area contributed by atoms with E-state index in [1.165, 1.54) is 0 Å². The highest BCUT2D eigenvalue weighted by atomic mass is 16.5. The van der Waals surface area contributed by atoms with Crippen LogP contribution in [0.25, 0.3) is 0 Å². The summed E-state index contributed by atoms with van der Waals surface area (Å²) >= 11 is 0. The molecule has 0 radical (unpaired) electrons. The Morgan fingerprint density at radius 3 is 2.83 bits per heavy atom. The number of rotatable bonds is 6. The number of carbonyl (C=O) groups is 1. The highest BCUT2D eigenvalue weighted by molar-refractivity contribution is 5.76. The lowest BCUT2D eigenvalue weighted by Crippen LogP contribution is -2.31. The number of ether oxygens (including phenoxy) is 1. The van der Waals surface area contributed by atoms with Crippen LogP contribution in [0, 0.1) is 13.8 Å². The van der Waals surface area contributed by atoms with Crippen molar-refractivity contribution < 1.29 is 14.6 Å². The second-order valence-electron chi connectivity index (χ2n) is 4.52. The van der Waals surface area contributed by atoms with Crippen LogP contribution in [-0.4, -0.2) is 30.3 Å². The molecule has 0 saturated heterocycles. The quantitative estimate of drug-likeness (QED) is 0.807. The van der Waals surface area contributed by atoms with Crippen LogP contribution in [0.15, 0.2) is 18.2 Å². The van der Waals surface area contributed by atoms with Gasteiger partial charge >= 0.3 is 0 Å². The third-order valence-corrected chi connectivity index (χ3v) is 2.52. The van der Waals surface area contributed by atoms with Crippen molar-refractivity contribution in [2.75, 3.05) is 13.2 Å². The summed E-state index contributed by atoms with van der Waals surface area (Å²) in [7, 11) is 0. The molecule has 1 aromatic rings. The first-order valence-corrected chi connectivity index (χ1v) is 6.14. The Morgan fingerprint density at radius 2 is 2.17 bits per heavy atom. The summed E-state index contributed by atoms with van der Waals surface area (Å²) in [4.78, 5) is 11.4. The monoisotopic (exact) mass is 251 g/mol. The summed E-state index contributed by atoms with van der Waals surface area (Å²) in [5, 5.41) is 11.7. The lowest BCUT2D eigenvalue weighted by Gasteiger charge is -2.10. The van der Waals surface area contributed by atoms with E-state index < -0.39 is 6.10 Å². The van der Waals surface area contributed by atoms with Crippen molar-refractivity contribution >= 4 is 5.91 Å². The Morgan fingerprint density at radius 1 is 1.44 bits per heavy atom. The van der Waals surface area contributed by atoms with Gasteiger partial charge < -0.3 is 15.2 Å². The highest BCUT2D eigenvalue weighted by Crippen LogP contribution is 2.19. The Hall–Kier alpha value is -1.55. The molecule has 4 nitrogen and oxygen atoms in total. The van der Waals surface area contributed by atoms with Gasteiger partial charge in [0.2, 0.25) is 5.91 Å². The first-order valence-electron chi connectivity index (χ1n) is 6.14. The van der Waals surface area contributed by atoms with Crippen LogP contribution in [-0.2, 0) is 4.79 Å². The first-order chi connectivity index (χ1) is 8.49. The molecule has 100 valence electrons. The maximum absolute atomic E-state index is 11.4. The summed E-state index contributed by atoms with van der Waals surface area (Å²) in [6, 6.07) is 5.98. The molecule has 0 heterocycles. The van der Waals surface area contributed by atoms with Crippen LogP contribution in [0.2, 0.25) is 0 Å². The fourth-order valence-electron chi connectivity index (χ4n) is 1.47. The van der Waals surface area contributed by atoms with Crippen LogP contribution in [0.3, 0.4) is 0 Å².